The molecule has 0 aromatic carbocycles. The summed E-state index contributed by atoms with van der Waals surface area (Å²) in [5.41, 5.74) is 2.76. The van der Waals surface area contributed by atoms with Gasteiger partial charge < -0.3 is 5.32 Å². The van der Waals surface area contributed by atoms with Crippen molar-refractivity contribution in [2.45, 2.75) is 52.5 Å². The van der Waals surface area contributed by atoms with Crippen molar-refractivity contribution < 1.29 is 0 Å². The first kappa shape index (κ1) is 10.5. The van der Waals surface area contributed by atoms with Gasteiger partial charge in [0.05, 0.1) is 0 Å². The maximum Gasteiger partial charge on any atom is 0.151 e. The molecule has 15 heavy (non-hydrogen) atoms. The molecule has 0 bridgehead atoms. The minimum absolute atomic E-state index is 0.448. The number of hydrogen-bond acceptors (Lipinski definition) is 2. The van der Waals surface area contributed by atoms with E-state index in [9.17, 15) is 0 Å². The Kier molecular flexibility index (Phi) is 2.72. The number of anilines is 1. The van der Waals surface area contributed by atoms with Crippen LogP contribution in [0.25, 0.3) is 0 Å². The molecule has 1 aliphatic rings. The zero-order valence-electron chi connectivity index (χ0n) is 10.1. The van der Waals surface area contributed by atoms with Gasteiger partial charge in [-0.25, -0.2) is 0 Å². The van der Waals surface area contributed by atoms with E-state index in [1.807, 2.05) is 0 Å². The van der Waals surface area contributed by atoms with Gasteiger partial charge in [0, 0.05) is 17.3 Å². The number of H-pyrrole nitrogens is 1. The first-order chi connectivity index (χ1) is 7.08. The van der Waals surface area contributed by atoms with Gasteiger partial charge >= 0.3 is 0 Å². The topological polar surface area (TPSA) is 40.7 Å². The third kappa shape index (κ3) is 2.01. The molecule has 1 aliphatic carbocycles. The van der Waals surface area contributed by atoms with Crippen molar-refractivity contribution in [3.8, 4) is 0 Å². The molecule has 2 unspecified atom stereocenters. The van der Waals surface area contributed by atoms with Crippen LogP contribution in [0.4, 0.5) is 5.82 Å². The van der Waals surface area contributed by atoms with Crippen LogP contribution in [0.3, 0.4) is 0 Å². The summed E-state index contributed by atoms with van der Waals surface area (Å²) in [5.74, 6) is 2.47. The van der Waals surface area contributed by atoms with Crippen molar-refractivity contribution in [1.82, 2.24) is 10.2 Å². The normalized spacial score (nSPS) is 25.4. The Morgan fingerprint density at radius 3 is 2.80 bits per heavy atom. The molecule has 0 spiro atoms. The quantitative estimate of drug-likeness (QED) is 0.783. The number of aromatic amines is 1. The van der Waals surface area contributed by atoms with Crippen molar-refractivity contribution in [3.05, 3.63) is 11.3 Å². The van der Waals surface area contributed by atoms with E-state index >= 15 is 0 Å². The molecule has 0 aliphatic heterocycles. The third-order valence-corrected chi connectivity index (χ3v) is 3.11. The van der Waals surface area contributed by atoms with Crippen LogP contribution in [0.2, 0.25) is 0 Å². The van der Waals surface area contributed by atoms with E-state index in [0.29, 0.717) is 12.0 Å². The summed E-state index contributed by atoms with van der Waals surface area (Å²) in [4.78, 5) is 0. The minimum atomic E-state index is 0.448. The number of fused-ring (bicyclic) bond motifs is 1. The molecule has 0 saturated heterocycles. The second-order valence-corrected chi connectivity index (χ2v) is 5.21. The van der Waals surface area contributed by atoms with Crippen LogP contribution in [0.1, 0.15) is 51.3 Å². The molecule has 2 N–H and O–H groups in total. The van der Waals surface area contributed by atoms with Gasteiger partial charge in [-0.05, 0) is 38.5 Å². The first-order valence-electron chi connectivity index (χ1n) is 5.91. The zero-order chi connectivity index (χ0) is 11.0. The average molecular weight is 207 g/mol. The predicted molar refractivity (Wildman–Crippen MR) is 63.2 cm³/mol. The first-order valence-corrected chi connectivity index (χ1v) is 5.91. The van der Waals surface area contributed by atoms with E-state index in [4.69, 9.17) is 0 Å². The fraction of sp³-hybridized carbons (Fsp3) is 0.750. The summed E-state index contributed by atoms with van der Waals surface area (Å²) in [7, 11) is 0. The van der Waals surface area contributed by atoms with Gasteiger partial charge in [-0.1, -0.05) is 13.8 Å². The van der Waals surface area contributed by atoms with Crippen molar-refractivity contribution in [3.63, 3.8) is 0 Å². The Labute approximate surface area is 91.7 Å². The highest BCUT2D eigenvalue weighted by atomic mass is 15.2. The minimum Gasteiger partial charge on any atom is -0.366 e. The molecule has 0 fully saturated rings. The van der Waals surface area contributed by atoms with Crippen LogP contribution >= 0.6 is 0 Å². The number of nitrogens with one attached hydrogen (secondary N) is 2. The molecule has 1 aromatic rings. The largest absolute Gasteiger partial charge is 0.366 e. The van der Waals surface area contributed by atoms with Crippen molar-refractivity contribution in [2.75, 3.05) is 5.32 Å². The zero-order valence-corrected chi connectivity index (χ0v) is 10.1. The Hall–Kier alpha value is -0.990. The molecule has 3 nitrogen and oxygen atoms in total. The van der Waals surface area contributed by atoms with Crippen LogP contribution in [0.15, 0.2) is 0 Å². The molecule has 2 atom stereocenters. The van der Waals surface area contributed by atoms with E-state index in [2.05, 4.69) is 43.2 Å². The maximum atomic E-state index is 4.39. The Morgan fingerprint density at radius 1 is 1.40 bits per heavy atom. The summed E-state index contributed by atoms with van der Waals surface area (Å²) in [6.45, 7) is 8.92. The van der Waals surface area contributed by atoms with E-state index in [1.165, 1.54) is 17.7 Å². The summed E-state index contributed by atoms with van der Waals surface area (Å²) >= 11 is 0. The number of rotatable bonds is 2. The van der Waals surface area contributed by atoms with Crippen LogP contribution in [0.5, 0.6) is 0 Å². The molecule has 0 saturated carbocycles. The number of aromatic nitrogens is 2. The summed E-state index contributed by atoms with van der Waals surface area (Å²) in [6.07, 6.45) is 2.42. The van der Waals surface area contributed by atoms with Crippen LogP contribution in [-0.4, -0.2) is 16.2 Å². The average Bonchev–Trinajstić information content (AvgIpc) is 2.46. The Bertz CT molecular complexity index is 341. The number of nitrogens with zero attached hydrogens (tertiary/aromatic N) is 1. The van der Waals surface area contributed by atoms with Crippen molar-refractivity contribution in [2.24, 2.45) is 5.92 Å². The van der Waals surface area contributed by atoms with Gasteiger partial charge in [-0.3, -0.25) is 5.10 Å². The van der Waals surface area contributed by atoms with Crippen LogP contribution in [0, 0.1) is 5.92 Å². The highest BCUT2D eigenvalue weighted by Crippen LogP contribution is 2.37. The van der Waals surface area contributed by atoms with E-state index in [1.54, 1.807) is 0 Å². The fourth-order valence-corrected chi connectivity index (χ4v) is 2.61. The van der Waals surface area contributed by atoms with Crippen molar-refractivity contribution in [1.29, 1.82) is 0 Å². The second-order valence-electron chi connectivity index (χ2n) is 5.21. The summed E-state index contributed by atoms with van der Waals surface area (Å²) in [5, 5.41) is 11.0. The number of hydrogen-bond donors (Lipinski definition) is 2. The fourth-order valence-electron chi connectivity index (χ4n) is 2.61. The SMILES string of the molecule is CC1Cc2[nH]nc(NC(C)C)c2C(C)C1. The standard InChI is InChI=1S/C12H21N3/c1-7(2)13-12-11-9(4)5-8(3)6-10(11)14-15-12/h7-9H,5-6H2,1-4H3,(H2,13,14,15). The van der Waals surface area contributed by atoms with Crippen molar-refractivity contribution >= 4 is 5.82 Å². The molecular weight excluding hydrogens is 186 g/mol. The van der Waals surface area contributed by atoms with E-state index in [0.717, 1.165) is 18.2 Å². The lowest BCUT2D eigenvalue weighted by Gasteiger charge is -2.25. The van der Waals surface area contributed by atoms with Gasteiger partial charge in [0.25, 0.3) is 0 Å². The molecule has 2 rings (SSSR count). The van der Waals surface area contributed by atoms with Crippen LogP contribution in [-0.2, 0) is 6.42 Å². The van der Waals surface area contributed by atoms with E-state index in [-0.39, 0.29) is 0 Å². The smallest absolute Gasteiger partial charge is 0.151 e. The van der Waals surface area contributed by atoms with Gasteiger partial charge in [0.1, 0.15) is 0 Å². The van der Waals surface area contributed by atoms with E-state index < -0.39 is 0 Å². The molecular formula is C12H21N3. The lowest BCUT2D eigenvalue weighted by atomic mass is 9.81. The van der Waals surface area contributed by atoms with Gasteiger partial charge in [0.15, 0.2) is 5.82 Å². The Morgan fingerprint density at radius 2 is 2.13 bits per heavy atom. The lowest BCUT2D eigenvalue weighted by molar-refractivity contribution is 0.446. The third-order valence-electron chi connectivity index (χ3n) is 3.11. The molecule has 1 heterocycles. The van der Waals surface area contributed by atoms with Gasteiger partial charge in [-0.15, -0.1) is 0 Å². The molecule has 1 aromatic heterocycles. The highest BCUT2D eigenvalue weighted by Gasteiger charge is 2.26. The van der Waals surface area contributed by atoms with Crippen LogP contribution < -0.4 is 5.32 Å². The summed E-state index contributed by atoms with van der Waals surface area (Å²) in [6, 6.07) is 0.448. The molecule has 3 heteroatoms. The molecule has 84 valence electrons. The predicted octanol–water partition coefficient (Wildman–Crippen LogP) is 2.92. The Balaban J connectivity index is 2.29. The lowest BCUT2D eigenvalue weighted by Crippen LogP contribution is -2.17. The molecule has 0 radical (unpaired) electrons. The second kappa shape index (κ2) is 3.87. The maximum absolute atomic E-state index is 4.39. The van der Waals surface area contributed by atoms with Gasteiger partial charge in [0.2, 0.25) is 0 Å². The monoisotopic (exact) mass is 207 g/mol. The van der Waals surface area contributed by atoms with Gasteiger partial charge in [-0.2, -0.15) is 5.10 Å². The highest BCUT2D eigenvalue weighted by molar-refractivity contribution is 5.50. The molecule has 0 amide bonds. The summed E-state index contributed by atoms with van der Waals surface area (Å²) < 4.78 is 0.